The standard InChI is InChI=1S/C9H3Cl3OS2/c10-6-2-1-5(14-6)8(13)4-3-7(11)15-9(4)12/h1-3H. The zero-order chi connectivity index (χ0) is 11.0. The van der Waals surface area contributed by atoms with Crippen molar-refractivity contribution in [2.24, 2.45) is 0 Å². The Kier molecular flexibility index (Phi) is 3.38. The van der Waals surface area contributed by atoms with Gasteiger partial charge < -0.3 is 0 Å². The van der Waals surface area contributed by atoms with E-state index in [2.05, 4.69) is 0 Å². The second-order valence-corrected chi connectivity index (χ2v) is 6.67. The average Bonchev–Trinajstić information content (AvgIpc) is 2.71. The largest absolute Gasteiger partial charge is 0.288 e. The van der Waals surface area contributed by atoms with Gasteiger partial charge in [-0.1, -0.05) is 34.8 Å². The number of carbonyl (C=O) groups excluding carboxylic acids is 1. The van der Waals surface area contributed by atoms with E-state index in [1.54, 1.807) is 18.2 Å². The summed E-state index contributed by atoms with van der Waals surface area (Å²) in [5, 5.41) is 0. The molecule has 0 amide bonds. The third kappa shape index (κ3) is 2.37. The minimum absolute atomic E-state index is 0.139. The first-order valence-corrected chi connectivity index (χ1v) is 6.59. The van der Waals surface area contributed by atoms with Gasteiger partial charge in [-0.2, -0.15) is 0 Å². The topological polar surface area (TPSA) is 17.1 Å². The van der Waals surface area contributed by atoms with Crippen LogP contribution in [0.4, 0.5) is 0 Å². The lowest BCUT2D eigenvalue weighted by Crippen LogP contribution is -1.96. The van der Waals surface area contributed by atoms with Crippen LogP contribution in [-0.2, 0) is 0 Å². The van der Waals surface area contributed by atoms with Crippen molar-refractivity contribution < 1.29 is 4.79 Å². The lowest BCUT2D eigenvalue weighted by Gasteiger charge is -1.93. The first kappa shape index (κ1) is 11.4. The van der Waals surface area contributed by atoms with Crippen LogP contribution in [0.25, 0.3) is 0 Å². The molecule has 15 heavy (non-hydrogen) atoms. The fourth-order valence-electron chi connectivity index (χ4n) is 1.06. The number of rotatable bonds is 2. The van der Waals surface area contributed by atoms with Gasteiger partial charge in [-0.05, 0) is 18.2 Å². The number of halogens is 3. The quantitative estimate of drug-likeness (QED) is 0.713. The molecule has 0 unspecified atom stereocenters. The van der Waals surface area contributed by atoms with Crippen LogP contribution in [0.1, 0.15) is 15.2 Å². The first-order valence-electron chi connectivity index (χ1n) is 3.83. The molecule has 0 N–H and O–H groups in total. The van der Waals surface area contributed by atoms with E-state index in [-0.39, 0.29) is 5.78 Å². The summed E-state index contributed by atoms with van der Waals surface area (Å²) in [6, 6.07) is 4.93. The zero-order valence-electron chi connectivity index (χ0n) is 7.09. The van der Waals surface area contributed by atoms with Gasteiger partial charge in [-0.3, -0.25) is 4.79 Å². The van der Waals surface area contributed by atoms with E-state index in [0.717, 1.165) is 0 Å². The summed E-state index contributed by atoms with van der Waals surface area (Å²) >= 11 is 19.8. The van der Waals surface area contributed by atoms with E-state index in [1.807, 2.05) is 0 Å². The SMILES string of the molecule is O=C(c1ccc(Cl)s1)c1cc(Cl)sc1Cl. The summed E-state index contributed by atoms with van der Waals surface area (Å²) in [5.74, 6) is -0.139. The van der Waals surface area contributed by atoms with Gasteiger partial charge in [-0.25, -0.2) is 0 Å². The molecule has 0 spiro atoms. The van der Waals surface area contributed by atoms with Crippen LogP contribution in [0.15, 0.2) is 18.2 Å². The van der Waals surface area contributed by atoms with E-state index in [9.17, 15) is 4.79 Å². The van der Waals surface area contributed by atoms with Crippen molar-refractivity contribution in [3.05, 3.63) is 41.6 Å². The maximum atomic E-state index is 11.9. The normalized spacial score (nSPS) is 10.6. The lowest BCUT2D eigenvalue weighted by atomic mass is 10.2. The molecule has 2 rings (SSSR count). The molecular formula is C9H3Cl3OS2. The van der Waals surface area contributed by atoms with Crippen molar-refractivity contribution in [2.45, 2.75) is 0 Å². The third-order valence-corrected chi connectivity index (χ3v) is 4.42. The molecular weight excluding hydrogens is 295 g/mol. The second-order valence-electron chi connectivity index (χ2n) is 2.67. The molecule has 0 saturated heterocycles. The number of thiophene rings is 2. The minimum atomic E-state index is -0.139. The average molecular weight is 298 g/mol. The highest BCUT2D eigenvalue weighted by atomic mass is 35.5. The van der Waals surface area contributed by atoms with Crippen molar-refractivity contribution >= 4 is 63.3 Å². The molecule has 0 saturated carbocycles. The molecule has 6 heteroatoms. The Labute approximate surface area is 109 Å². The van der Waals surface area contributed by atoms with Crippen molar-refractivity contribution in [2.75, 3.05) is 0 Å². The molecule has 2 heterocycles. The van der Waals surface area contributed by atoms with Gasteiger partial charge >= 0.3 is 0 Å². The van der Waals surface area contributed by atoms with Crippen LogP contribution >= 0.6 is 57.5 Å². The van der Waals surface area contributed by atoms with Crippen LogP contribution in [0, 0.1) is 0 Å². The number of ketones is 1. The van der Waals surface area contributed by atoms with Gasteiger partial charge in [0, 0.05) is 0 Å². The number of carbonyl (C=O) groups is 1. The molecule has 1 nitrogen and oxygen atoms in total. The monoisotopic (exact) mass is 296 g/mol. The van der Waals surface area contributed by atoms with Crippen LogP contribution in [0.5, 0.6) is 0 Å². The van der Waals surface area contributed by atoms with Crippen LogP contribution in [-0.4, -0.2) is 5.78 Å². The van der Waals surface area contributed by atoms with Gasteiger partial charge in [0.15, 0.2) is 0 Å². The van der Waals surface area contributed by atoms with Crippen molar-refractivity contribution in [1.82, 2.24) is 0 Å². The Morgan fingerprint density at radius 1 is 1.07 bits per heavy atom. The van der Waals surface area contributed by atoms with Gasteiger partial charge in [0.05, 0.1) is 19.1 Å². The van der Waals surface area contributed by atoms with Gasteiger partial charge in [0.2, 0.25) is 5.78 Å². The van der Waals surface area contributed by atoms with Crippen LogP contribution in [0.2, 0.25) is 13.0 Å². The van der Waals surface area contributed by atoms with E-state index in [0.29, 0.717) is 23.4 Å². The fraction of sp³-hybridized carbons (Fsp3) is 0. The molecule has 0 atom stereocenters. The molecule has 2 aromatic heterocycles. The Bertz CT molecular complexity index is 515. The highest BCUT2D eigenvalue weighted by Crippen LogP contribution is 2.34. The Hall–Kier alpha value is -0.0600. The van der Waals surface area contributed by atoms with E-state index in [4.69, 9.17) is 34.8 Å². The highest BCUT2D eigenvalue weighted by Gasteiger charge is 2.17. The van der Waals surface area contributed by atoms with Crippen LogP contribution < -0.4 is 0 Å². The predicted molar refractivity (Wildman–Crippen MR) is 67.1 cm³/mol. The second kappa shape index (κ2) is 4.44. The van der Waals surface area contributed by atoms with E-state index >= 15 is 0 Å². The summed E-state index contributed by atoms with van der Waals surface area (Å²) in [7, 11) is 0. The maximum absolute atomic E-state index is 11.9. The van der Waals surface area contributed by atoms with E-state index < -0.39 is 0 Å². The minimum Gasteiger partial charge on any atom is -0.288 e. The lowest BCUT2D eigenvalue weighted by molar-refractivity contribution is 0.104. The third-order valence-electron chi connectivity index (χ3n) is 1.70. The summed E-state index contributed by atoms with van der Waals surface area (Å²) in [6.45, 7) is 0. The molecule has 0 bridgehead atoms. The van der Waals surface area contributed by atoms with E-state index in [1.165, 1.54) is 22.7 Å². The first-order chi connectivity index (χ1) is 7.08. The zero-order valence-corrected chi connectivity index (χ0v) is 11.0. The highest BCUT2D eigenvalue weighted by molar-refractivity contribution is 7.21. The van der Waals surface area contributed by atoms with Crippen molar-refractivity contribution in [1.29, 1.82) is 0 Å². The molecule has 2 aromatic rings. The summed E-state index contributed by atoms with van der Waals surface area (Å²) in [4.78, 5) is 12.5. The molecule has 0 aliphatic rings. The molecule has 0 aliphatic carbocycles. The summed E-state index contributed by atoms with van der Waals surface area (Å²) in [5.41, 5.74) is 0.435. The smallest absolute Gasteiger partial charge is 0.205 e. The Morgan fingerprint density at radius 3 is 2.27 bits per heavy atom. The van der Waals surface area contributed by atoms with Gasteiger partial charge in [0.1, 0.15) is 4.34 Å². The maximum Gasteiger partial charge on any atom is 0.205 e. The van der Waals surface area contributed by atoms with Gasteiger partial charge in [0.25, 0.3) is 0 Å². The molecule has 78 valence electrons. The van der Waals surface area contributed by atoms with Crippen molar-refractivity contribution in [3.8, 4) is 0 Å². The number of hydrogen-bond donors (Lipinski definition) is 0. The summed E-state index contributed by atoms with van der Waals surface area (Å²) in [6.07, 6.45) is 0. The predicted octanol–water partition coefficient (Wildman–Crippen LogP) is 5.00. The Balaban J connectivity index is 2.40. The Morgan fingerprint density at radius 2 is 1.80 bits per heavy atom. The molecule has 0 radical (unpaired) electrons. The summed E-state index contributed by atoms with van der Waals surface area (Å²) < 4.78 is 1.50. The van der Waals surface area contributed by atoms with Gasteiger partial charge in [-0.15, -0.1) is 22.7 Å². The van der Waals surface area contributed by atoms with Crippen molar-refractivity contribution in [3.63, 3.8) is 0 Å². The molecule has 0 fully saturated rings. The molecule has 0 aliphatic heterocycles. The fourth-order valence-corrected chi connectivity index (χ4v) is 3.52. The van der Waals surface area contributed by atoms with Crippen LogP contribution in [0.3, 0.4) is 0 Å². The number of hydrogen-bond acceptors (Lipinski definition) is 3. The molecule has 0 aromatic carbocycles.